The second-order valence-electron chi connectivity index (χ2n) is 8.08. The van der Waals surface area contributed by atoms with Crippen molar-refractivity contribution in [1.82, 2.24) is 4.90 Å². The van der Waals surface area contributed by atoms with Gasteiger partial charge in [0, 0.05) is 43.4 Å². The van der Waals surface area contributed by atoms with Gasteiger partial charge in [0.1, 0.15) is 0 Å². The van der Waals surface area contributed by atoms with Gasteiger partial charge in [-0.3, -0.25) is 9.52 Å². The normalized spacial score (nSPS) is 11.5. The van der Waals surface area contributed by atoms with Gasteiger partial charge in [-0.2, -0.15) is 0 Å². The fourth-order valence-corrected chi connectivity index (χ4v) is 5.11. The third-order valence-electron chi connectivity index (χ3n) is 4.51. The Hall–Kier alpha value is -2.06. The molecule has 1 aromatic carbocycles. The quantitative estimate of drug-likeness (QED) is 0.556. The smallest absolute Gasteiger partial charge is 0.232 e. The molecule has 1 amide bonds. The van der Waals surface area contributed by atoms with Crippen LogP contribution in [0.3, 0.4) is 0 Å². The van der Waals surface area contributed by atoms with Crippen LogP contribution in [0.5, 0.6) is 0 Å². The minimum Gasteiger partial charge on any atom is -0.377 e. The highest BCUT2D eigenvalue weighted by Crippen LogP contribution is 2.26. The van der Waals surface area contributed by atoms with E-state index in [0.717, 1.165) is 16.1 Å². The summed E-state index contributed by atoms with van der Waals surface area (Å²) in [6.07, 6.45) is 0.932. The molecule has 0 aliphatic carbocycles. The monoisotopic (exact) mass is 451 g/mol. The molecule has 0 fully saturated rings. The van der Waals surface area contributed by atoms with Gasteiger partial charge < -0.3 is 9.80 Å². The van der Waals surface area contributed by atoms with E-state index < -0.39 is 10.0 Å². The minimum absolute atomic E-state index is 0.0767. The first kappa shape index (κ1) is 24.2. The number of carbonyl (C=O) groups is 1. The summed E-state index contributed by atoms with van der Waals surface area (Å²) in [7, 11) is 0.514. The van der Waals surface area contributed by atoms with Gasteiger partial charge in [-0.25, -0.2) is 8.42 Å². The van der Waals surface area contributed by atoms with Crippen molar-refractivity contribution in [1.29, 1.82) is 0 Å². The zero-order chi connectivity index (χ0) is 22.3. The zero-order valence-electron chi connectivity index (χ0n) is 18.5. The number of hydrogen-bond acceptors (Lipinski definition) is 5. The average Bonchev–Trinajstić information content (AvgIpc) is 3.13. The molecule has 0 saturated heterocycles. The minimum atomic E-state index is -3.38. The van der Waals surface area contributed by atoms with Crippen LogP contribution in [0.25, 0.3) is 0 Å². The van der Waals surface area contributed by atoms with E-state index in [9.17, 15) is 13.2 Å². The lowest BCUT2D eigenvalue weighted by molar-refractivity contribution is -0.131. The first-order valence-electron chi connectivity index (χ1n) is 10.2. The number of nitrogens with zero attached hydrogens (tertiary/aromatic N) is 2. The summed E-state index contributed by atoms with van der Waals surface area (Å²) in [6.45, 7) is 7.09. The Kier molecular flexibility index (Phi) is 8.73. The van der Waals surface area contributed by atoms with E-state index in [1.54, 1.807) is 17.4 Å². The molecule has 1 aromatic heterocycles. The van der Waals surface area contributed by atoms with Gasteiger partial charge in [0.2, 0.25) is 15.9 Å². The molecule has 0 saturated carbocycles. The van der Waals surface area contributed by atoms with Crippen LogP contribution in [0.15, 0.2) is 35.7 Å². The van der Waals surface area contributed by atoms with Gasteiger partial charge in [-0.05, 0) is 47.5 Å². The number of anilines is 2. The van der Waals surface area contributed by atoms with Gasteiger partial charge >= 0.3 is 0 Å². The summed E-state index contributed by atoms with van der Waals surface area (Å²) in [4.78, 5) is 17.9. The van der Waals surface area contributed by atoms with E-state index in [0.29, 0.717) is 37.5 Å². The molecule has 0 radical (unpaired) electrons. The molecule has 8 heteroatoms. The number of rotatable bonds is 11. The molecular formula is C22H33N3O3S2. The van der Waals surface area contributed by atoms with Crippen molar-refractivity contribution in [3.8, 4) is 0 Å². The molecule has 0 spiro atoms. The third kappa shape index (κ3) is 7.32. The van der Waals surface area contributed by atoms with Crippen LogP contribution >= 0.6 is 11.3 Å². The molecule has 2 aromatic rings. The summed E-state index contributed by atoms with van der Waals surface area (Å²) in [5.74, 6) is 0.482. The van der Waals surface area contributed by atoms with E-state index in [4.69, 9.17) is 0 Å². The second kappa shape index (κ2) is 10.8. The van der Waals surface area contributed by atoms with E-state index in [1.807, 2.05) is 60.5 Å². The number of thiophene rings is 1. The molecule has 0 unspecified atom stereocenters. The Labute approximate surface area is 184 Å². The zero-order valence-corrected chi connectivity index (χ0v) is 20.1. The maximum atomic E-state index is 13.0. The van der Waals surface area contributed by atoms with Gasteiger partial charge in [-0.1, -0.05) is 26.8 Å². The predicted octanol–water partition coefficient (Wildman–Crippen LogP) is 4.19. The standard InChI is InChI=1S/C22H33N3O3S2/c1-6-12-30(27,28)23-19-9-10-21(24(4)5)18(13-19)16-25(15-17(2)3)22(26)14-20-8-7-11-29-20/h7-11,13,17,23H,6,12,14-16H2,1-5H3. The molecule has 1 N–H and O–H groups in total. The Morgan fingerprint density at radius 2 is 1.93 bits per heavy atom. The summed E-state index contributed by atoms with van der Waals surface area (Å²) in [6, 6.07) is 9.44. The summed E-state index contributed by atoms with van der Waals surface area (Å²) >= 11 is 1.58. The topological polar surface area (TPSA) is 69.7 Å². The summed E-state index contributed by atoms with van der Waals surface area (Å²) < 4.78 is 27.1. The lowest BCUT2D eigenvalue weighted by atomic mass is 10.1. The van der Waals surface area contributed by atoms with Crippen molar-refractivity contribution in [3.05, 3.63) is 46.2 Å². The fraction of sp³-hybridized carbons (Fsp3) is 0.500. The highest BCUT2D eigenvalue weighted by molar-refractivity contribution is 7.92. The number of carbonyl (C=O) groups excluding carboxylic acids is 1. The molecular weight excluding hydrogens is 418 g/mol. The highest BCUT2D eigenvalue weighted by Gasteiger charge is 2.19. The molecule has 0 aliphatic heterocycles. The van der Waals surface area contributed by atoms with Crippen molar-refractivity contribution in [2.75, 3.05) is 36.0 Å². The molecule has 0 atom stereocenters. The molecule has 1 heterocycles. The van der Waals surface area contributed by atoms with E-state index >= 15 is 0 Å². The number of nitrogens with one attached hydrogen (secondary N) is 1. The maximum Gasteiger partial charge on any atom is 0.232 e. The van der Waals surface area contributed by atoms with Gasteiger partial charge in [-0.15, -0.1) is 11.3 Å². The van der Waals surface area contributed by atoms with Gasteiger partial charge in [0.05, 0.1) is 12.2 Å². The Bertz CT molecular complexity index is 923. The molecule has 166 valence electrons. The van der Waals surface area contributed by atoms with Crippen molar-refractivity contribution >= 4 is 38.6 Å². The van der Waals surface area contributed by atoms with Crippen LogP contribution in [0.1, 0.15) is 37.6 Å². The Morgan fingerprint density at radius 1 is 1.20 bits per heavy atom. The predicted molar refractivity (Wildman–Crippen MR) is 127 cm³/mol. The second-order valence-corrected chi connectivity index (χ2v) is 11.0. The lowest BCUT2D eigenvalue weighted by Gasteiger charge is -2.27. The van der Waals surface area contributed by atoms with Crippen molar-refractivity contribution in [3.63, 3.8) is 0 Å². The SMILES string of the molecule is CCCS(=O)(=O)Nc1ccc(N(C)C)c(CN(CC(C)C)C(=O)Cc2cccs2)c1. The van der Waals surface area contributed by atoms with Crippen molar-refractivity contribution < 1.29 is 13.2 Å². The Balaban J connectivity index is 2.31. The highest BCUT2D eigenvalue weighted by atomic mass is 32.2. The van der Waals surface area contributed by atoms with Crippen molar-refractivity contribution in [2.45, 2.75) is 40.2 Å². The summed E-state index contributed by atoms with van der Waals surface area (Å²) in [5.41, 5.74) is 2.40. The lowest BCUT2D eigenvalue weighted by Crippen LogP contribution is -2.35. The molecule has 2 rings (SSSR count). The van der Waals surface area contributed by atoms with Crippen LogP contribution < -0.4 is 9.62 Å². The van der Waals surface area contributed by atoms with Gasteiger partial charge in [0.15, 0.2) is 0 Å². The maximum absolute atomic E-state index is 13.0. The van der Waals surface area contributed by atoms with Gasteiger partial charge in [0.25, 0.3) is 0 Å². The molecule has 30 heavy (non-hydrogen) atoms. The van der Waals surface area contributed by atoms with E-state index in [1.165, 1.54) is 0 Å². The number of hydrogen-bond donors (Lipinski definition) is 1. The van der Waals surface area contributed by atoms with Crippen LogP contribution in [-0.2, 0) is 27.8 Å². The first-order chi connectivity index (χ1) is 14.1. The van der Waals surface area contributed by atoms with Crippen molar-refractivity contribution in [2.24, 2.45) is 5.92 Å². The molecule has 0 aliphatic rings. The fourth-order valence-electron chi connectivity index (χ4n) is 3.29. The largest absolute Gasteiger partial charge is 0.377 e. The Morgan fingerprint density at radius 3 is 2.50 bits per heavy atom. The first-order valence-corrected chi connectivity index (χ1v) is 12.8. The summed E-state index contributed by atoms with van der Waals surface area (Å²) in [5, 5.41) is 1.98. The molecule has 6 nitrogen and oxygen atoms in total. The number of benzene rings is 1. The van der Waals surface area contributed by atoms with Crippen LogP contribution in [-0.4, -0.2) is 45.6 Å². The number of sulfonamides is 1. The van der Waals surface area contributed by atoms with E-state index in [2.05, 4.69) is 18.6 Å². The van der Waals surface area contributed by atoms with E-state index in [-0.39, 0.29) is 11.7 Å². The van der Waals surface area contributed by atoms with Crippen LogP contribution in [0.2, 0.25) is 0 Å². The average molecular weight is 452 g/mol. The number of amides is 1. The van der Waals surface area contributed by atoms with Crippen LogP contribution in [0, 0.1) is 5.92 Å². The van der Waals surface area contributed by atoms with Crippen LogP contribution in [0.4, 0.5) is 11.4 Å². The molecule has 0 bridgehead atoms. The third-order valence-corrected chi connectivity index (χ3v) is 6.88.